The van der Waals surface area contributed by atoms with Gasteiger partial charge < -0.3 is 20.3 Å². The van der Waals surface area contributed by atoms with Crippen molar-refractivity contribution in [2.75, 3.05) is 40.3 Å². The molecule has 1 amide bonds. The predicted molar refractivity (Wildman–Crippen MR) is 112 cm³/mol. The number of amides is 1. The molecule has 1 aliphatic heterocycles. The monoisotopic (exact) mass is 392 g/mol. The molecule has 150 valence electrons. The van der Waals surface area contributed by atoms with Crippen LogP contribution < -0.4 is 10.6 Å². The first-order valence-corrected chi connectivity index (χ1v) is 10.5. The van der Waals surface area contributed by atoms with Crippen molar-refractivity contribution in [1.82, 2.24) is 15.5 Å². The SMILES string of the molecule is CC(CNC(=NCC(=O)N(C)C)NCC1CCCCO1)Sc1ccccc1. The summed E-state index contributed by atoms with van der Waals surface area (Å²) in [4.78, 5) is 19.1. The Hall–Kier alpha value is -1.73. The lowest BCUT2D eigenvalue weighted by molar-refractivity contribution is -0.127. The molecule has 6 nitrogen and oxygen atoms in total. The molecule has 0 saturated carbocycles. The molecule has 2 N–H and O–H groups in total. The average molecular weight is 393 g/mol. The highest BCUT2D eigenvalue weighted by Gasteiger charge is 2.15. The van der Waals surface area contributed by atoms with Crippen LogP contribution in [0.15, 0.2) is 40.2 Å². The first-order chi connectivity index (χ1) is 13.0. The minimum Gasteiger partial charge on any atom is -0.376 e. The Balaban J connectivity index is 1.85. The molecule has 0 aromatic heterocycles. The molecule has 1 heterocycles. The Labute approximate surface area is 167 Å². The molecule has 1 saturated heterocycles. The van der Waals surface area contributed by atoms with Gasteiger partial charge in [0.05, 0.1) is 6.10 Å². The van der Waals surface area contributed by atoms with Crippen molar-refractivity contribution < 1.29 is 9.53 Å². The van der Waals surface area contributed by atoms with E-state index in [0.717, 1.165) is 26.0 Å². The van der Waals surface area contributed by atoms with Gasteiger partial charge in [-0.05, 0) is 31.4 Å². The smallest absolute Gasteiger partial charge is 0.243 e. The number of thioether (sulfide) groups is 1. The number of hydrogen-bond donors (Lipinski definition) is 2. The quantitative estimate of drug-likeness (QED) is 0.404. The van der Waals surface area contributed by atoms with E-state index >= 15 is 0 Å². The van der Waals surface area contributed by atoms with Gasteiger partial charge in [0, 0.05) is 43.9 Å². The molecule has 0 spiro atoms. The zero-order chi connectivity index (χ0) is 19.5. The highest BCUT2D eigenvalue weighted by Crippen LogP contribution is 2.21. The number of hydrogen-bond acceptors (Lipinski definition) is 4. The highest BCUT2D eigenvalue weighted by atomic mass is 32.2. The van der Waals surface area contributed by atoms with Crippen LogP contribution in [0.1, 0.15) is 26.2 Å². The van der Waals surface area contributed by atoms with Gasteiger partial charge in [0.1, 0.15) is 6.54 Å². The van der Waals surface area contributed by atoms with Gasteiger partial charge in [-0.25, -0.2) is 4.99 Å². The number of nitrogens with zero attached hydrogens (tertiary/aromatic N) is 2. The summed E-state index contributed by atoms with van der Waals surface area (Å²) < 4.78 is 5.77. The fourth-order valence-corrected chi connectivity index (χ4v) is 3.60. The number of benzene rings is 1. The summed E-state index contributed by atoms with van der Waals surface area (Å²) in [7, 11) is 3.49. The van der Waals surface area contributed by atoms with Crippen LogP contribution in [-0.4, -0.2) is 68.5 Å². The maximum atomic E-state index is 11.9. The third-order valence-electron chi connectivity index (χ3n) is 4.28. The molecule has 0 bridgehead atoms. The van der Waals surface area contributed by atoms with Crippen LogP contribution in [0.3, 0.4) is 0 Å². The summed E-state index contributed by atoms with van der Waals surface area (Å²) in [5, 5.41) is 7.07. The molecule has 7 heteroatoms. The molecule has 1 aromatic rings. The standard InChI is InChI=1S/C20H32N4O2S/c1-16(27-18-10-5-4-6-11-18)13-21-20(23-15-19(25)24(2)3)22-14-17-9-7-8-12-26-17/h4-6,10-11,16-17H,7-9,12-15H2,1-3H3,(H2,21,22,23). The number of carbonyl (C=O) groups is 1. The summed E-state index contributed by atoms with van der Waals surface area (Å²) in [5.74, 6) is 0.650. The lowest BCUT2D eigenvalue weighted by Crippen LogP contribution is -2.44. The third kappa shape index (κ3) is 8.67. The topological polar surface area (TPSA) is 66.0 Å². The minimum absolute atomic E-state index is 0.0169. The summed E-state index contributed by atoms with van der Waals surface area (Å²) in [6.07, 6.45) is 3.63. The molecule has 0 aliphatic carbocycles. The Morgan fingerprint density at radius 1 is 1.30 bits per heavy atom. The van der Waals surface area contributed by atoms with Crippen LogP contribution >= 0.6 is 11.8 Å². The molecule has 1 aliphatic rings. The second kappa shape index (κ2) is 11.9. The number of aliphatic imine (C=N–C) groups is 1. The Kier molecular flexibility index (Phi) is 9.48. The fourth-order valence-electron chi connectivity index (χ4n) is 2.65. The van der Waals surface area contributed by atoms with Crippen LogP contribution in [0.25, 0.3) is 0 Å². The van der Waals surface area contributed by atoms with Gasteiger partial charge in [0.2, 0.25) is 5.91 Å². The van der Waals surface area contributed by atoms with Crippen LogP contribution in [0.5, 0.6) is 0 Å². The van der Waals surface area contributed by atoms with E-state index in [4.69, 9.17) is 4.74 Å². The van der Waals surface area contributed by atoms with E-state index in [0.29, 0.717) is 17.8 Å². The molecular formula is C20H32N4O2S. The molecule has 1 fully saturated rings. The van der Waals surface area contributed by atoms with Crippen molar-refractivity contribution in [3.63, 3.8) is 0 Å². The van der Waals surface area contributed by atoms with Gasteiger partial charge in [-0.3, -0.25) is 4.79 Å². The van der Waals surface area contributed by atoms with E-state index in [1.807, 2.05) is 30.0 Å². The molecule has 2 atom stereocenters. The number of guanidine groups is 1. The van der Waals surface area contributed by atoms with Gasteiger partial charge >= 0.3 is 0 Å². The summed E-state index contributed by atoms with van der Waals surface area (Å²) >= 11 is 1.82. The predicted octanol–water partition coefficient (Wildman–Crippen LogP) is 2.36. The van der Waals surface area contributed by atoms with Crippen LogP contribution in [0.2, 0.25) is 0 Å². The lowest BCUT2D eigenvalue weighted by Gasteiger charge is -2.24. The van der Waals surface area contributed by atoms with Crippen LogP contribution in [0.4, 0.5) is 0 Å². The van der Waals surface area contributed by atoms with Gasteiger partial charge in [0.15, 0.2) is 5.96 Å². The number of carbonyl (C=O) groups excluding carboxylic acids is 1. The van der Waals surface area contributed by atoms with E-state index in [1.54, 1.807) is 19.0 Å². The fraction of sp³-hybridized carbons (Fsp3) is 0.600. The lowest BCUT2D eigenvalue weighted by atomic mass is 10.1. The normalized spacial score (nSPS) is 18.6. The first kappa shape index (κ1) is 21.6. The molecule has 0 radical (unpaired) electrons. The number of likely N-dealkylation sites (N-methyl/N-ethyl adjacent to an activating group) is 1. The van der Waals surface area contributed by atoms with E-state index in [1.165, 1.54) is 11.3 Å². The molecule has 2 unspecified atom stereocenters. The molecule has 2 rings (SSSR count). The molecule has 27 heavy (non-hydrogen) atoms. The van der Waals surface area contributed by atoms with Crippen LogP contribution in [0, 0.1) is 0 Å². The summed E-state index contributed by atoms with van der Waals surface area (Å²) in [5.41, 5.74) is 0. The van der Waals surface area contributed by atoms with Crippen molar-refractivity contribution in [2.24, 2.45) is 4.99 Å². The van der Waals surface area contributed by atoms with Gasteiger partial charge in [-0.15, -0.1) is 11.8 Å². The third-order valence-corrected chi connectivity index (χ3v) is 5.39. The van der Waals surface area contributed by atoms with Crippen LogP contribution in [-0.2, 0) is 9.53 Å². The maximum Gasteiger partial charge on any atom is 0.243 e. The van der Waals surface area contributed by atoms with E-state index in [2.05, 4.69) is 34.7 Å². The first-order valence-electron chi connectivity index (χ1n) is 9.60. The van der Waals surface area contributed by atoms with Crippen molar-refractivity contribution in [2.45, 2.75) is 42.4 Å². The second-order valence-corrected chi connectivity index (χ2v) is 8.46. The Bertz CT molecular complexity index is 589. The van der Waals surface area contributed by atoms with Crippen molar-refractivity contribution in [1.29, 1.82) is 0 Å². The van der Waals surface area contributed by atoms with Crippen molar-refractivity contribution in [3.05, 3.63) is 30.3 Å². The van der Waals surface area contributed by atoms with Crippen molar-refractivity contribution >= 4 is 23.6 Å². The number of nitrogens with one attached hydrogen (secondary N) is 2. The van der Waals surface area contributed by atoms with Gasteiger partial charge in [-0.1, -0.05) is 25.1 Å². The summed E-state index contributed by atoms with van der Waals surface area (Å²) in [6, 6.07) is 10.4. The largest absolute Gasteiger partial charge is 0.376 e. The Morgan fingerprint density at radius 3 is 2.74 bits per heavy atom. The minimum atomic E-state index is -0.0169. The van der Waals surface area contributed by atoms with Crippen molar-refractivity contribution in [3.8, 4) is 0 Å². The number of ether oxygens (including phenoxy) is 1. The second-order valence-electron chi connectivity index (χ2n) is 6.94. The zero-order valence-electron chi connectivity index (χ0n) is 16.6. The highest BCUT2D eigenvalue weighted by molar-refractivity contribution is 8.00. The average Bonchev–Trinajstić information content (AvgIpc) is 2.68. The molecule has 1 aromatic carbocycles. The number of rotatable bonds is 8. The van der Waals surface area contributed by atoms with E-state index < -0.39 is 0 Å². The Morgan fingerprint density at radius 2 is 2.07 bits per heavy atom. The maximum absolute atomic E-state index is 11.9. The summed E-state index contributed by atoms with van der Waals surface area (Å²) in [6.45, 7) is 4.61. The van der Waals surface area contributed by atoms with Gasteiger partial charge in [-0.2, -0.15) is 0 Å². The zero-order valence-corrected chi connectivity index (χ0v) is 17.4. The van der Waals surface area contributed by atoms with E-state index in [9.17, 15) is 4.79 Å². The van der Waals surface area contributed by atoms with E-state index in [-0.39, 0.29) is 18.6 Å². The van der Waals surface area contributed by atoms with Gasteiger partial charge in [0.25, 0.3) is 0 Å². The molecular weight excluding hydrogens is 360 g/mol.